The van der Waals surface area contributed by atoms with E-state index in [0.29, 0.717) is 35.0 Å². The van der Waals surface area contributed by atoms with E-state index >= 15 is 0 Å². The van der Waals surface area contributed by atoms with Crippen molar-refractivity contribution in [2.24, 2.45) is 5.92 Å². The smallest absolute Gasteiger partial charge is 0.341 e. The Balaban J connectivity index is 1.55. The van der Waals surface area contributed by atoms with Crippen LogP contribution in [0.3, 0.4) is 0 Å². The standard InChI is InChI=1S/C30H30FN7O3/c1-4-37-13-21(30(40)41)27(39)19-7-16(10-34-29(19)37)20-11-33-28-24(18-8-17(31)9-22(32-2)25(18)35-28)26(20)38-6-5-15-12-36(3)14-23(15)38/h7-11,13,15,23,32H,4-6,12,14H2,1-3H3,(H,33,35)(H,40,41)/t15-,23+/m0/s1. The third kappa shape index (κ3) is 3.79. The molecule has 2 saturated heterocycles. The molecule has 0 spiro atoms. The van der Waals surface area contributed by atoms with Crippen LogP contribution in [-0.2, 0) is 6.54 Å². The number of anilines is 2. The summed E-state index contributed by atoms with van der Waals surface area (Å²) in [5.41, 5.74) is 3.94. The maximum atomic E-state index is 14.9. The molecule has 7 rings (SSSR count). The molecule has 41 heavy (non-hydrogen) atoms. The number of nitrogens with zero attached hydrogens (tertiary/aromatic N) is 5. The molecule has 11 heteroatoms. The number of carboxylic acid groups (broad SMARTS) is 1. The van der Waals surface area contributed by atoms with Crippen molar-refractivity contribution >= 4 is 50.3 Å². The monoisotopic (exact) mass is 555 g/mol. The molecule has 4 aromatic heterocycles. The number of aromatic nitrogens is 4. The first-order valence-electron chi connectivity index (χ1n) is 13.8. The molecule has 0 amide bonds. The average Bonchev–Trinajstić information content (AvgIpc) is 3.64. The minimum atomic E-state index is -1.28. The highest BCUT2D eigenvalue weighted by Crippen LogP contribution is 2.46. The van der Waals surface area contributed by atoms with Gasteiger partial charge in [-0.1, -0.05) is 0 Å². The van der Waals surface area contributed by atoms with Crippen LogP contribution >= 0.6 is 0 Å². The fourth-order valence-electron chi connectivity index (χ4n) is 6.88. The van der Waals surface area contributed by atoms with Gasteiger partial charge in [0.05, 0.1) is 27.7 Å². The van der Waals surface area contributed by atoms with E-state index in [-0.39, 0.29) is 22.8 Å². The lowest BCUT2D eigenvalue weighted by Gasteiger charge is -2.29. The Bertz CT molecular complexity index is 1950. The molecule has 3 N–H and O–H groups in total. The number of halogens is 1. The second-order valence-corrected chi connectivity index (χ2v) is 11.1. The van der Waals surface area contributed by atoms with E-state index < -0.39 is 11.4 Å². The molecule has 2 aliphatic rings. The van der Waals surface area contributed by atoms with Gasteiger partial charge in [-0.2, -0.15) is 0 Å². The summed E-state index contributed by atoms with van der Waals surface area (Å²) in [5.74, 6) is -1.12. The summed E-state index contributed by atoms with van der Waals surface area (Å²) in [7, 11) is 3.89. The van der Waals surface area contributed by atoms with Gasteiger partial charge >= 0.3 is 5.97 Å². The van der Waals surface area contributed by atoms with Crippen LogP contribution in [0.2, 0.25) is 0 Å². The molecule has 1 aromatic carbocycles. The largest absolute Gasteiger partial charge is 0.477 e. The fraction of sp³-hybridized carbons (Fsp3) is 0.333. The van der Waals surface area contributed by atoms with Gasteiger partial charge in [0.2, 0.25) is 5.43 Å². The topological polar surface area (TPSA) is 119 Å². The Hall–Kier alpha value is -4.51. The number of benzene rings is 1. The molecule has 5 aromatic rings. The van der Waals surface area contributed by atoms with E-state index in [4.69, 9.17) is 4.98 Å². The summed E-state index contributed by atoms with van der Waals surface area (Å²) in [6, 6.07) is 4.99. The lowest BCUT2D eigenvalue weighted by Crippen LogP contribution is -2.35. The van der Waals surface area contributed by atoms with Crippen molar-refractivity contribution in [2.75, 3.05) is 43.9 Å². The predicted octanol–water partition coefficient (Wildman–Crippen LogP) is 4.13. The molecule has 0 radical (unpaired) electrons. The van der Waals surface area contributed by atoms with Crippen LogP contribution in [0.5, 0.6) is 0 Å². The number of carbonyl (C=O) groups is 1. The minimum absolute atomic E-state index is 0.234. The highest BCUT2D eigenvalue weighted by Gasteiger charge is 2.41. The molecule has 6 heterocycles. The number of likely N-dealkylation sites (tertiary alicyclic amines) is 1. The van der Waals surface area contributed by atoms with Gasteiger partial charge in [0, 0.05) is 74.4 Å². The molecule has 10 nitrogen and oxygen atoms in total. The van der Waals surface area contributed by atoms with Crippen LogP contribution in [0.15, 0.2) is 41.6 Å². The lowest BCUT2D eigenvalue weighted by atomic mass is 9.99. The highest BCUT2D eigenvalue weighted by molar-refractivity contribution is 6.18. The first-order chi connectivity index (χ1) is 19.8. The summed E-state index contributed by atoms with van der Waals surface area (Å²) in [5, 5.41) is 14.6. The van der Waals surface area contributed by atoms with E-state index in [2.05, 4.69) is 32.1 Å². The van der Waals surface area contributed by atoms with Crippen LogP contribution in [-0.4, -0.2) is 75.3 Å². The number of likely N-dealkylation sites (N-methyl/N-ethyl adjacent to an activating group) is 1. The van der Waals surface area contributed by atoms with Gasteiger partial charge in [0.25, 0.3) is 0 Å². The average molecular weight is 556 g/mol. The third-order valence-corrected chi connectivity index (χ3v) is 8.75. The van der Waals surface area contributed by atoms with Crippen LogP contribution in [0.25, 0.3) is 44.1 Å². The molecular weight excluding hydrogens is 525 g/mol. The van der Waals surface area contributed by atoms with Crippen molar-refractivity contribution in [3.63, 3.8) is 0 Å². The van der Waals surface area contributed by atoms with E-state index in [0.717, 1.165) is 53.6 Å². The van der Waals surface area contributed by atoms with Gasteiger partial charge in [-0.3, -0.25) is 4.79 Å². The van der Waals surface area contributed by atoms with E-state index in [9.17, 15) is 19.1 Å². The SMILES string of the molecule is CCn1cc(C(=O)O)c(=O)c2cc(-c3cnc4[nH]c5c(NC)cc(F)cc5c4c3N3CC[C@H]4CN(C)C[C@H]43)cnc21. The Morgan fingerprint density at radius 3 is 2.78 bits per heavy atom. The van der Waals surface area contributed by atoms with Crippen molar-refractivity contribution in [3.8, 4) is 11.1 Å². The van der Waals surface area contributed by atoms with E-state index in [1.165, 1.54) is 18.3 Å². The maximum absolute atomic E-state index is 14.9. The fourth-order valence-corrected chi connectivity index (χ4v) is 6.88. The van der Waals surface area contributed by atoms with Crippen molar-refractivity contribution in [1.29, 1.82) is 0 Å². The Morgan fingerprint density at radius 1 is 1.20 bits per heavy atom. The zero-order valence-electron chi connectivity index (χ0n) is 23.0. The molecule has 0 bridgehead atoms. The normalized spacial score (nSPS) is 19.1. The number of hydrogen-bond donors (Lipinski definition) is 3. The number of pyridine rings is 3. The number of H-pyrrole nitrogens is 1. The molecular formula is C30H30FN7O3. The Morgan fingerprint density at radius 2 is 2.02 bits per heavy atom. The van der Waals surface area contributed by atoms with Crippen LogP contribution < -0.4 is 15.6 Å². The lowest BCUT2D eigenvalue weighted by molar-refractivity contribution is 0.0695. The number of aromatic carboxylic acids is 1. The van der Waals surface area contributed by atoms with Crippen molar-refractivity contribution in [2.45, 2.75) is 25.9 Å². The molecule has 0 aliphatic carbocycles. The second-order valence-electron chi connectivity index (χ2n) is 11.1. The first kappa shape index (κ1) is 25.5. The number of hydrogen-bond acceptors (Lipinski definition) is 7. The van der Waals surface area contributed by atoms with Crippen molar-refractivity contribution in [1.82, 2.24) is 24.4 Å². The molecule has 0 saturated carbocycles. The maximum Gasteiger partial charge on any atom is 0.341 e. The van der Waals surface area contributed by atoms with Crippen molar-refractivity contribution in [3.05, 3.63) is 58.4 Å². The van der Waals surface area contributed by atoms with Gasteiger partial charge in [0.1, 0.15) is 22.7 Å². The summed E-state index contributed by atoms with van der Waals surface area (Å²) in [4.78, 5) is 42.7. The van der Waals surface area contributed by atoms with E-state index in [1.54, 1.807) is 30.1 Å². The van der Waals surface area contributed by atoms with E-state index in [1.807, 2.05) is 6.92 Å². The number of rotatable bonds is 5. The highest BCUT2D eigenvalue weighted by atomic mass is 19.1. The van der Waals surface area contributed by atoms with Gasteiger partial charge in [-0.25, -0.2) is 19.2 Å². The third-order valence-electron chi connectivity index (χ3n) is 8.75. The quantitative estimate of drug-likeness (QED) is 0.296. The summed E-state index contributed by atoms with van der Waals surface area (Å²) in [6.45, 7) is 5.10. The molecule has 210 valence electrons. The van der Waals surface area contributed by atoms with Gasteiger partial charge in [-0.05, 0) is 44.5 Å². The molecule has 2 atom stereocenters. The first-order valence-corrected chi connectivity index (χ1v) is 13.8. The van der Waals surface area contributed by atoms with Crippen LogP contribution in [0, 0.1) is 11.7 Å². The minimum Gasteiger partial charge on any atom is -0.477 e. The van der Waals surface area contributed by atoms with Gasteiger partial charge in [-0.15, -0.1) is 0 Å². The van der Waals surface area contributed by atoms with Crippen LogP contribution in [0.4, 0.5) is 15.8 Å². The summed E-state index contributed by atoms with van der Waals surface area (Å²) >= 11 is 0. The van der Waals surface area contributed by atoms with Gasteiger partial charge < -0.3 is 29.8 Å². The number of aryl methyl sites for hydroxylation is 1. The molecule has 2 aliphatic heterocycles. The number of nitrogens with one attached hydrogen (secondary N) is 2. The Labute approximate surface area is 234 Å². The van der Waals surface area contributed by atoms with Crippen LogP contribution in [0.1, 0.15) is 23.7 Å². The zero-order valence-corrected chi connectivity index (χ0v) is 23.0. The predicted molar refractivity (Wildman–Crippen MR) is 157 cm³/mol. The zero-order chi connectivity index (χ0) is 28.6. The summed E-state index contributed by atoms with van der Waals surface area (Å²) < 4.78 is 16.6. The van der Waals surface area contributed by atoms with Crippen molar-refractivity contribution < 1.29 is 14.3 Å². The number of fused-ring (bicyclic) bond motifs is 5. The number of carboxylic acids is 1. The Kier molecular flexibility index (Phi) is 5.75. The number of aromatic amines is 1. The molecule has 0 unspecified atom stereocenters. The second kappa shape index (κ2) is 9.27. The molecule has 2 fully saturated rings. The van der Waals surface area contributed by atoms with Gasteiger partial charge in [0.15, 0.2) is 0 Å². The summed E-state index contributed by atoms with van der Waals surface area (Å²) in [6.07, 6.45) is 5.87.